The van der Waals surface area contributed by atoms with Crippen LogP contribution in [0.1, 0.15) is 18.9 Å². The predicted molar refractivity (Wildman–Crippen MR) is 61.6 cm³/mol. The number of halogens is 1. The van der Waals surface area contributed by atoms with Crippen molar-refractivity contribution in [2.24, 2.45) is 5.92 Å². The van der Waals surface area contributed by atoms with E-state index in [-0.39, 0.29) is 5.97 Å². The van der Waals surface area contributed by atoms with E-state index < -0.39 is 5.41 Å². The normalized spacial score (nSPS) is 28.6. The Bertz CT molecular complexity index is 402. The first-order valence-electron chi connectivity index (χ1n) is 4.95. The Morgan fingerprint density at radius 1 is 1.60 bits per heavy atom. The van der Waals surface area contributed by atoms with Gasteiger partial charge in [0, 0.05) is 4.47 Å². The lowest BCUT2D eigenvalue weighted by Crippen LogP contribution is -2.23. The Balaban J connectivity index is 2.40. The van der Waals surface area contributed by atoms with E-state index in [2.05, 4.69) is 22.9 Å². The second-order valence-corrected chi connectivity index (χ2v) is 4.99. The average Bonchev–Trinajstić information content (AvgIpc) is 2.90. The monoisotopic (exact) mass is 268 g/mol. The predicted octanol–water partition coefficient (Wildman–Crippen LogP) is 2.90. The SMILES string of the molecule is COC(=O)C1(c2cccc(Br)c2)CC1C. The molecule has 3 heteroatoms. The summed E-state index contributed by atoms with van der Waals surface area (Å²) in [4.78, 5) is 11.8. The number of benzene rings is 1. The zero-order chi connectivity index (χ0) is 11.1. The van der Waals surface area contributed by atoms with Gasteiger partial charge in [-0.3, -0.25) is 4.79 Å². The third-order valence-electron chi connectivity index (χ3n) is 3.20. The molecule has 1 aromatic rings. The fourth-order valence-corrected chi connectivity index (χ4v) is 2.58. The van der Waals surface area contributed by atoms with E-state index in [0.29, 0.717) is 5.92 Å². The van der Waals surface area contributed by atoms with Gasteiger partial charge in [0.1, 0.15) is 0 Å². The number of hydrogen-bond donors (Lipinski definition) is 0. The molecule has 1 aliphatic rings. The summed E-state index contributed by atoms with van der Waals surface area (Å²) in [6, 6.07) is 7.91. The van der Waals surface area contributed by atoms with Crippen LogP contribution in [0.15, 0.2) is 28.7 Å². The first-order chi connectivity index (χ1) is 7.11. The van der Waals surface area contributed by atoms with Crippen molar-refractivity contribution in [3.05, 3.63) is 34.3 Å². The van der Waals surface area contributed by atoms with Crippen LogP contribution >= 0.6 is 15.9 Å². The van der Waals surface area contributed by atoms with Gasteiger partial charge < -0.3 is 4.74 Å². The Kier molecular flexibility index (Phi) is 2.59. The molecule has 0 bridgehead atoms. The molecule has 0 saturated heterocycles. The van der Waals surface area contributed by atoms with Gasteiger partial charge in [-0.15, -0.1) is 0 Å². The molecule has 0 aromatic heterocycles. The van der Waals surface area contributed by atoms with Crippen LogP contribution in [0.5, 0.6) is 0 Å². The first-order valence-corrected chi connectivity index (χ1v) is 5.75. The van der Waals surface area contributed by atoms with E-state index >= 15 is 0 Å². The Morgan fingerprint density at radius 2 is 2.27 bits per heavy atom. The van der Waals surface area contributed by atoms with Crippen LogP contribution in [0.3, 0.4) is 0 Å². The molecule has 0 amide bonds. The number of hydrogen-bond acceptors (Lipinski definition) is 2. The van der Waals surface area contributed by atoms with E-state index in [4.69, 9.17) is 4.74 Å². The molecule has 2 atom stereocenters. The molecular formula is C12H13BrO2. The lowest BCUT2D eigenvalue weighted by atomic mass is 9.94. The fraction of sp³-hybridized carbons (Fsp3) is 0.417. The van der Waals surface area contributed by atoms with Crippen molar-refractivity contribution in [1.29, 1.82) is 0 Å². The number of carbonyl (C=O) groups excluding carboxylic acids is 1. The maximum Gasteiger partial charge on any atom is 0.316 e. The van der Waals surface area contributed by atoms with E-state index in [0.717, 1.165) is 16.5 Å². The molecule has 1 aromatic carbocycles. The van der Waals surface area contributed by atoms with Gasteiger partial charge in [-0.25, -0.2) is 0 Å². The Hall–Kier alpha value is -0.830. The molecule has 0 aliphatic heterocycles. The van der Waals surface area contributed by atoms with E-state index in [1.54, 1.807) is 0 Å². The first kappa shape index (κ1) is 10.7. The minimum atomic E-state index is -0.390. The summed E-state index contributed by atoms with van der Waals surface area (Å²) in [6.45, 7) is 2.08. The minimum Gasteiger partial charge on any atom is -0.468 e. The van der Waals surface area contributed by atoms with Gasteiger partial charge in [0.2, 0.25) is 0 Å². The second-order valence-electron chi connectivity index (χ2n) is 4.08. The van der Waals surface area contributed by atoms with Crippen LogP contribution < -0.4 is 0 Å². The van der Waals surface area contributed by atoms with Crippen molar-refractivity contribution in [3.8, 4) is 0 Å². The number of methoxy groups -OCH3 is 1. The lowest BCUT2D eigenvalue weighted by Gasteiger charge is -2.14. The Labute approximate surface area is 97.8 Å². The molecule has 80 valence electrons. The third-order valence-corrected chi connectivity index (χ3v) is 3.69. The Morgan fingerprint density at radius 3 is 2.73 bits per heavy atom. The highest BCUT2D eigenvalue weighted by Crippen LogP contribution is 2.55. The summed E-state index contributed by atoms with van der Waals surface area (Å²) in [7, 11) is 1.45. The van der Waals surface area contributed by atoms with Crippen LogP contribution in [0, 0.1) is 5.92 Å². The highest BCUT2D eigenvalue weighted by atomic mass is 79.9. The molecule has 15 heavy (non-hydrogen) atoms. The van der Waals surface area contributed by atoms with Gasteiger partial charge in [-0.05, 0) is 30.0 Å². The van der Waals surface area contributed by atoms with Crippen molar-refractivity contribution < 1.29 is 9.53 Å². The van der Waals surface area contributed by atoms with E-state index in [1.165, 1.54) is 7.11 Å². The molecule has 1 aliphatic carbocycles. The molecular weight excluding hydrogens is 256 g/mol. The van der Waals surface area contributed by atoms with Crippen LogP contribution in [0.25, 0.3) is 0 Å². The van der Waals surface area contributed by atoms with Gasteiger partial charge in [0.15, 0.2) is 0 Å². The van der Waals surface area contributed by atoms with Crippen molar-refractivity contribution in [1.82, 2.24) is 0 Å². The van der Waals surface area contributed by atoms with Crippen molar-refractivity contribution >= 4 is 21.9 Å². The number of esters is 1. The van der Waals surface area contributed by atoms with Gasteiger partial charge in [0.25, 0.3) is 0 Å². The fourth-order valence-electron chi connectivity index (χ4n) is 2.18. The standard InChI is InChI=1S/C12H13BrO2/c1-8-7-12(8,11(14)15-2)9-4-3-5-10(13)6-9/h3-6,8H,7H2,1-2H3. The maximum atomic E-state index is 11.8. The van der Waals surface area contributed by atoms with Gasteiger partial charge in [0.05, 0.1) is 12.5 Å². The quantitative estimate of drug-likeness (QED) is 0.772. The summed E-state index contributed by atoms with van der Waals surface area (Å²) in [6.07, 6.45) is 0.885. The molecule has 0 radical (unpaired) electrons. The van der Waals surface area contributed by atoms with Gasteiger partial charge >= 0.3 is 5.97 Å². The molecule has 1 fully saturated rings. The number of carbonyl (C=O) groups is 1. The van der Waals surface area contributed by atoms with Crippen molar-refractivity contribution in [3.63, 3.8) is 0 Å². The summed E-state index contributed by atoms with van der Waals surface area (Å²) < 4.78 is 5.89. The average molecular weight is 269 g/mol. The number of ether oxygens (including phenoxy) is 1. The summed E-state index contributed by atoms with van der Waals surface area (Å²) in [5.41, 5.74) is 0.662. The maximum absolute atomic E-state index is 11.8. The molecule has 0 heterocycles. The molecule has 1 saturated carbocycles. The summed E-state index contributed by atoms with van der Waals surface area (Å²) in [5.74, 6) is 0.257. The molecule has 2 rings (SSSR count). The van der Waals surface area contributed by atoms with Crippen molar-refractivity contribution in [2.45, 2.75) is 18.8 Å². The van der Waals surface area contributed by atoms with Crippen LogP contribution in [-0.4, -0.2) is 13.1 Å². The molecule has 2 unspecified atom stereocenters. The third kappa shape index (κ3) is 1.59. The highest BCUT2D eigenvalue weighted by molar-refractivity contribution is 9.10. The van der Waals surface area contributed by atoms with Crippen LogP contribution in [0.4, 0.5) is 0 Å². The van der Waals surface area contributed by atoms with Crippen LogP contribution in [0.2, 0.25) is 0 Å². The zero-order valence-electron chi connectivity index (χ0n) is 8.79. The zero-order valence-corrected chi connectivity index (χ0v) is 10.4. The number of rotatable bonds is 2. The lowest BCUT2D eigenvalue weighted by molar-refractivity contribution is -0.144. The topological polar surface area (TPSA) is 26.3 Å². The molecule has 2 nitrogen and oxygen atoms in total. The van der Waals surface area contributed by atoms with Crippen LogP contribution in [-0.2, 0) is 14.9 Å². The van der Waals surface area contributed by atoms with Gasteiger partial charge in [-0.2, -0.15) is 0 Å². The van der Waals surface area contributed by atoms with Gasteiger partial charge in [-0.1, -0.05) is 35.0 Å². The summed E-state index contributed by atoms with van der Waals surface area (Å²) >= 11 is 3.42. The van der Waals surface area contributed by atoms with E-state index in [9.17, 15) is 4.79 Å². The largest absolute Gasteiger partial charge is 0.468 e. The molecule has 0 spiro atoms. The minimum absolute atomic E-state index is 0.117. The van der Waals surface area contributed by atoms with Crippen molar-refractivity contribution in [2.75, 3.05) is 7.11 Å². The van der Waals surface area contributed by atoms with E-state index in [1.807, 2.05) is 24.3 Å². The summed E-state index contributed by atoms with van der Waals surface area (Å²) in [5, 5.41) is 0. The highest BCUT2D eigenvalue weighted by Gasteiger charge is 2.59. The smallest absolute Gasteiger partial charge is 0.316 e. The molecule has 0 N–H and O–H groups in total. The second kappa shape index (κ2) is 3.63.